The number of aromatic nitrogens is 1. The number of hydrogen-bond donors (Lipinski definition) is 0. The quantitative estimate of drug-likeness (QED) is 0.617. The van der Waals surface area contributed by atoms with Gasteiger partial charge in [-0.15, -0.1) is 0 Å². The van der Waals surface area contributed by atoms with Gasteiger partial charge in [-0.2, -0.15) is 0 Å². The normalized spacial score (nSPS) is 15.4. The molecule has 0 radical (unpaired) electrons. The molecule has 0 aromatic carbocycles. The van der Waals surface area contributed by atoms with Gasteiger partial charge in [-0.05, 0) is 0 Å². The molecule has 0 bridgehead atoms. The van der Waals surface area contributed by atoms with Crippen LogP contribution >= 0.6 is 0 Å². The van der Waals surface area contributed by atoms with Crippen molar-refractivity contribution in [2.75, 3.05) is 13.2 Å². The van der Waals surface area contributed by atoms with Crippen molar-refractivity contribution in [2.45, 2.75) is 6.54 Å². The second-order valence-corrected chi connectivity index (χ2v) is 3.03. The maximum absolute atomic E-state index is 13.2. The molecule has 1 aliphatic heterocycles. The smallest absolute Gasteiger partial charge is 0.210 e. The Morgan fingerprint density at radius 1 is 1.57 bits per heavy atom. The molecule has 1 aromatic rings. The Bertz CT molecular complexity index is 357. The van der Waals surface area contributed by atoms with Gasteiger partial charge < -0.3 is 9.64 Å². The number of halogens is 1. The third kappa shape index (κ3) is 1.53. The summed E-state index contributed by atoms with van der Waals surface area (Å²) < 4.78 is 18.4. The van der Waals surface area contributed by atoms with Gasteiger partial charge in [0.15, 0.2) is 11.6 Å². The molecule has 1 aromatic heterocycles. The summed E-state index contributed by atoms with van der Waals surface area (Å²) in [5.41, 5.74) is 0.606. The maximum atomic E-state index is 13.2. The Hall–Kier alpha value is -1.65. The SMILES string of the molecule is O=CN1CCOc2c(F)cncc2C1. The topological polar surface area (TPSA) is 42.4 Å². The predicted molar refractivity (Wildman–Crippen MR) is 46.2 cm³/mol. The van der Waals surface area contributed by atoms with Crippen molar-refractivity contribution >= 4 is 6.41 Å². The second kappa shape index (κ2) is 3.61. The van der Waals surface area contributed by atoms with E-state index in [1.54, 1.807) is 0 Å². The fourth-order valence-corrected chi connectivity index (χ4v) is 1.39. The highest BCUT2D eigenvalue weighted by Gasteiger charge is 2.17. The number of ether oxygens (including phenoxy) is 1. The maximum Gasteiger partial charge on any atom is 0.210 e. The number of carbonyl (C=O) groups is 1. The number of rotatable bonds is 1. The minimum atomic E-state index is -0.477. The lowest BCUT2D eigenvalue weighted by atomic mass is 10.2. The largest absolute Gasteiger partial charge is 0.488 e. The monoisotopic (exact) mass is 196 g/mol. The molecule has 0 spiro atoms. The van der Waals surface area contributed by atoms with Crippen molar-refractivity contribution < 1.29 is 13.9 Å². The van der Waals surface area contributed by atoms with E-state index in [4.69, 9.17) is 4.74 Å². The Kier molecular flexibility index (Phi) is 2.30. The molecule has 0 saturated carbocycles. The van der Waals surface area contributed by atoms with Crippen LogP contribution in [0.25, 0.3) is 0 Å². The molecule has 0 saturated heterocycles. The highest BCUT2D eigenvalue weighted by molar-refractivity contribution is 5.48. The summed E-state index contributed by atoms with van der Waals surface area (Å²) in [6, 6.07) is 0. The van der Waals surface area contributed by atoms with E-state index in [0.29, 0.717) is 25.3 Å². The second-order valence-electron chi connectivity index (χ2n) is 3.03. The van der Waals surface area contributed by atoms with Gasteiger partial charge in [0.1, 0.15) is 6.61 Å². The van der Waals surface area contributed by atoms with E-state index in [1.807, 2.05) is 0 Å². The Labute approximate surface area is 80.3 Å². The molecule has 0 aliphatic carbocycles. The van der Waals surface area contributed by atoms with Gasteiger partial charge in [0.2, 0.25) is 6.41 Å². The lowest BCUT2D eigenvalue weighted by Gasteiger charge is -2.11. The molecule has 0 N–H and O–H groups in total. The van der Waals surface area contributed by atoms with E-state index in [9.17, 15) is 9.18 Å². The number of pyridine rings is 1. The molecular weight excluding hydrogens is 187 g/mol. The van der Waals surface area contributed by atoms with Crippen LogP contribution in [0.3, 0.4) is 0 Å². The minimum Gasteiger partial charge on any atom is -0.488 e. The summed E-state index contributed by atoms with van der Waals surface area (Å²) in [5, 5.41) is 0. The van der Waals surface area contributed by atoms with E-state index >= 15 is 0 Å². The zero-order valence-electron chi connectivity index (χ0n) is 7.44. The molecule has 0 fully saturated rings. The Morgan fingerprint density at radius 2 is 2.43 bits per heavy atom. The zero-order valence-corrected chi connectivity index (χ0v) is 7.44. The number of fused-ring (bicyclic) bond motifs is 1. The molecule has 5 heteroatoms. The van der Waals surface area contributed by atoms with E-state index in [-0.39, 0.29) is 5.75 Å². The van der Waals surface area contributed by atoms with Crippen molar-refractivity contribution in [1.29, 1.82) is 0 Å². The van der Waals surface area contributed by atoms with Crippen LogP contribution in [0.1, 0.15) is 5.56 Å². The van der Waals surface area contributed by atoms with Crippen LogP contribution in [0, 0.1) is 5.82 Å². The van der Waals surface area contributed by atoms with Crippen molar-refractivity contribution in [3.63, 3.8) is 0 Å². The number of amides is 1. The summed E-state index contributed by atoms with van der Waals surface area (Å²) in [5.74, 6) is -0.264. The first-order valence-corrected chi connectivity index (χ1v) is 4.26. The average Bonchev–Trinajstić information content (AvgIpc) is 2.40. The summed E-state index contributed by atoms with van der Waals surface area (Å²) in [6.45, 7) is 1.13. The predicted octanol–water partition coefficient (Wildman–Crippen LogP) is 0.572. The van der Waals surface area contributed by atoms with E-state index in [2.05, 4.69) is 4.98 Å². The third-order valence-corrected chi connectivity index (χ3v) is 2.07. The summed E-state index contributed by atoms with van der Waals surface area (Å²) >= 11 is 0. The standard InChI is InChI=1S/C9H9FN2O2/c10-8-4-11-3-7-5-12(6-13)1-2-14-9(7)8/h3-4,6H,1-2,5H2. The highest BCUT2D eigenvalue weighted by Crippen LogP contribution is 2.24. The third-order valence-electron chi connectivity index (χ3n) is 2.07. The van der Waals surface area contributed by atoms with Gasteiger partial charge >= 0.3 is 0 Å². The van der Waals surface area contributed by atoms with Gasteiger partial charge in [-0.25, -0.2) is 4.39 Å². The highest BCUT2D eigenvalue weighted by atomic mass is 19.1. The van der Waals surface area contributed by atoms with Crippen LogP contribution in [-0.2, 0) is 11.3 Å². The van der Waals surface area contributed by atoms with Gasteiger partial charge in [0, 0.05) is 11.8 Å². The number of nitrogens with zero attached hydrogens (tertiary/aromatic N) is 2. The molecule has 2 heterocycles. The van der Waals surface area contributed by atoms with Crippen LogP contribution < -0.4 is 4.74 Å². The van der Waals surface area contributed by atoms with Crippen LogP contribution in [-0.4, -0.2) is 29.4 Å². The molecule has 14 heavy (non-hydrogen) atoms. The minimum absolute atomic E-state index is 0.212. The van der Waals surface area contributed by atoms with Gasteiger partial charge in [0.25, 0.3) is 0 Å². The van der Waals surface area contributed by atoms with Gasteiger partial charge in [-0.3, -0.25) is 9.78 Å². The Morgan fingerprint density at radius 3 is 3.21 bits per heavy atom. The van der Waals surface area contributed by atoms with Crippen molar-refractivity contribution in [3.05, 3.63) is 23.8 Å². The van der Waals surface area contributed by atoms with Crippen molar-refractivity contribution in [3.8, 4) is 5.75 Å². The van der Waals surface area contributed by atoms with Crippen LogP contribution in [0.2, 0.25) is 0 Å². The van der Waals surface area contributed by atoms with E-state index in [0.717, 1.165) is 12.6 Å². The summed E-state index contributed by atoms with van der Waals surface area (Å²) in [7, 11) is 0. The molecule has 0 atom stereocenters. The molecule has 74 valence electrons. The van der Waals surface area contributed by atoms with Gasteiger partial charge in [0.05, 0.1) is 19.3 Å². The molecule has 2 rings (SSSR count). The summed E-state index contributed by atoms with van der Waals surface area (Å²) in [4.78, 5) is 15.8. The summed E-state index contributed by atoms with van der Waals surface area (Å²) in [6.07, 6.45) is 3.35. The van der Waals surface area contributed by atoms with E-state index < -0.39 is 5.82 Å². The van der Waals surface area contributed by atoms with Crippen LogP contribution in [0.15, 0.2) is 12.4 Å². The molecule has 4 nitrogen and oxygen atoms in total. The van der Waals surface area contributed by atoms with Gasteiger partial charge in [-0.1, -0.05) is 0 Å². The Balaban J connectivity index is 2.36. The lowest BCUT2D eigenvalue weighted by Crippen LogP contribution is -2.23. The molecule has 1 aliphatic rings. The molecular formula is C9H9FN2O2. The fraction of sp³-hybridized carbons (Fsp3) is 0.333. The first kappa shape index (κ1) is 8.93. The first-order valence-electron chi connectivity index (χ1n) is 4.26. The van der Waals surface area contributed by atoms with Crippen LogP contribution in [0.4, 0.5) is 4.39 Å². The van der Waals surface area contributed by atoms with Crippen LogP contribution in [0.5, 0.6) is 5.75 Å². The van der Waals surface area contributed by atoms with E-state index in [1.165, 1.54) is 11.1 Å². The average molecular weight is 196 g/mol. The van der Waals surface area contributed by atoms with Crippen molar-refractivity contribution in [1.82, 2.24) is 9.88 Å². The number of hydrogen-bond acceptors (Lipinski definition) is 3. The fourth-order valence-electron chi connectivity index (χ4n) is 1.39. The first-order chi connectivity index (χ1) is 6.81. The zero-order chi connectivity index (χ0) is 9.97. The lowest BCUT2D eigenvalue weighted by molar-refractivity contribution is -0.118. The molecule has 1 amide bonds. The molecule has 0 unspecified atom stereocenters. The number of carbonyl (C=O) groups excluding carboxylic acids is 1. The van der Waals surface area contributed by atoms with Crippen molar-refractivity contribution in [2.24, 2.45) is 0 Å².